The third kappa shape index (κ3) is 2.36. The van der Waals surface area contributed by atoms with Crippen LogP contribution in [0, 0.1) is 0 Å². The van der Waals surface area contributed by atoms with E-state index in [-0.39, 0.29) is 5.56 Å². The summed E-state index contributed by atoms with van der Waals surface area (Å²) in [4.78, 5) is 12.2. The zero-order valence-corrected chi connectivity index (χ0v) is 12.8. The fourth-order valence-electron chi connectivity index (χ4n) is 2.94. The number of allylic oxidation sites excluding steroid dienone is 2. The number of nitrogens with zero attached hydrogens (tertiary/aromatic N) is 4. The molecule has 6 heteroatoms. The molecule has 0 fully saturated rings. The van der Waals surface area contributed by atoms with Crippen LogP contribution < -0.4 is 5.56 Å². The molecule has 0 aliphatic heterocycles. The third-order valence-corrected chi connectivity index (χ3v) is 4.15. The maximum absolute atomic E-state index is 12.2. The average Bonchev–Trinajstić information content (AvgIpc) is 3.09. The fraction of sp³-hybridized carbons (Fsp3) is 0.294. The third-order valence-electron chi connectivity index (χ3n) is 4.15. The van der Waals surface area contributed by atoms with Crippen LogP contribution in [0.1, 0.15) is 31.6 Å². The van der Waals surface area contributed by atoms with Gasteiger partial charge in [-0.15, -0.1) is 10.2 Å². The Morgan fingerprint density at radius 3 is 2.65 bits per heavy atom. The summed E-state index contributed by atoms with van der Waals surface area (Å²) in [6.45, 7) is 0. The maximum Gasteiger partial charge on any atom is 0.274 e. The molecule has 1 aliphatic carbocycles. The summed E-state index contributed by atoms with van der Waals surface area (Å²) < 4.78 is 7.15. The van der Waals surface area contributed by atoms with E-state index in [0.717, 1.165) is 30.2 Å². The number of hydrogen-bond donors (Lipinski definition) is 0. The van der Waals surface area contributed by atoms with Gasteiger partial charge in [0.05, 0.1) is 5.39 Å². The summed E-state index contributed by atoms with van der Waals surface area (Å²) in [5.41, 5.74) is 1.50. The van der Waals surface area contributed by atoms with Crippen molar-refractivity contribution in [1.29, 1.82) is 0 Å². The maximum atomic E-state index is 12.2. The van der Waals surface area contributed by atoms with Crippen LogP contribution in [0.25, 0.3) is 27.9 Å². The van der Waals surface area contributed by atoms with Crippen molar-refractivity contribution >= 4 is 16.3 Å². The lowest BCUT2D eigenvalue weighted by Gasteiger charge is -2.08. The van der Waals surface area contributed by atoms with Crippen molar-refractivity contribution in [3.8, 4) is 11.6 Å². The molecule has 116 valence electrons. The molecule has 0 saturated carbocycles. The lowest BCUT2D eigenvalue weighted by Crippen LogP contribution is -2.20. The smallest absolute Gasteiger partial charge is 0.274 e. The molecule has 0 bridgehead atoms. The Hall–Kier alpha value is -2.76. The Bertz CT molecular complexity index is 968. The second kappa shape index (κ2) is 5.46. The summed E-state index contributed by atoms with van der Waals surface area (Å²) >= 11 is 0. The minimum atomic E-state index is -0.140. The van der Waals surface area contributed by atoms with Gasteiger partial charge in [0.1, 0.15) is 0 Å². The predicted octanol–water partition coefficient (Wildman–Crippen LogP) is 2.94. The van der Waals surface area contributed by atoms with E-state index >= 15 is 0 Å². The highest BCUT2D eigenvalue weighted by molar-refractivity contribution is 5.91. The first-order chi connectivity index (χ1) is 11.2. The molecule has 0 saturated heterocycles. The van der Waals surface area contributed by atoms with E-state index in [9.17, 15) is 4.79 Å². The summed E-state index contributed by atoms with van der Waals surface area (Å²) in [7, 11) is 1.62. The first-order valence-corrected chi connectivity index (χ1v) is 7.73. The molecule has 23 heavy (non-hydrogen) atoms. The zero-order valence-electron chi connectivity index (χ0n) is 12.8. The predicted molar refractivity (Wildman–Crippen MR) is 86.7 cm³/mol. The van der Waals surface area contributed by atoms with Crippen molar-refractivity contribution in [2.45, 2.75) is 25.7 Å². The molecular weight excluding hydrogens is 292 g/mol. The van der Waals surface area contributed by atoms with E-state index in [0.29, 0.717) is 22.9 Å². The van der Waals surface area contributed by atoms with Crippen LogP contribution in [-0.4, -0.2) is 20.0 Å². The summed E-state index contributed by atoms with van der Waals surface area (Å²) in [5.74, 6) is 0.901. The SMILES string of the molecule is Cn1nc(-c2nnc(C3=CCCCC3)o2)c2ccccc2c1=O. The first kappa shape index (κ1) is 13.9. The van der Waals surface area contributed by atoms with Crippen LogP contribution in [0.5, 0.6) is 0 Å². The molecule has 0 spiro atoms. The Morgan fingerprint density at radius 2 is 1.87 bits per heavy atom. The van der Waals surface area contributed by atoms with E-state index in [1.165, 1.54) is 11.1 Å². The molecule has 6 nitrogen and oxygen atoms in total. The molecule has 1 aromatic carbocycles. The number of hydrogen-bond acceptors (Lipinski definition) is 5. The largest absolute Gasteiger partial charge is 0.415 e. The standard InChI is InChI=1S/C17H16N4O2/c1-21-17(22)13-10-6-5-9-12(13)14(20-21)16-19-18-15(23-16)11-7-3-2-4-8-11/h5-7,9-10H,2-4,8H2,1H3. The lowest BCUT2D eigenvalue weighted by atomic mass is 10.00. The van der Waals surface area contributed by atoms with Gasteiger partial charge in [-0.2, -0.15) is 5.10 Å². The van der Waals surface area contributed by atoms with Gasteiger partial charge in [0, 0.05) is 18.0 Å². The Labute approximate surface area is 132 Å². The van der Waals surface area contributed by atoms with Gasteiger partial charge in [-0.05, 0) is 31.7 Å². The normalized spacial score (nSPS) is 14.9. The highest BCUT2D eigenvalue weighted by Crippen LogP contribution is 2.29. The van der Waals surface area contributed by atoms with E-state index < -0.39 is 0 Å². The molecule has 0 N–H and O–H groups in total. The molecule has 2 heterocycles. The van der Waals surface area contributed by atoms with Gasteiger partial charge in [-0.25, -0.2) is 4.68 Å². The average molecular weight is 308 g/mol. The summed E-state index contributed by atoms with van der Waals surface area (Å²) in [6.07, 6.45) is 6.52. The quantitative estimate of drug-likeness (QED) is 0.727. The Kier molecular flexibility index (Phi) is 3.29. The van der Waals surface area contributed by atoms with Crippen molar-refractivity contribution in [3.05, 3.63) is 46.6 Å². The van der Waals surface area contributed by atoms with Crippen molar-refractivity contribution in [2.24, 2.45) is 7.05 Å². The van der Waals surface area contributed by atoms with Gasteiger partial charge in [-0.3, -0.25) is 4.79 Å². The summed E-state index contributed by atoms with van der Waals surface area (Å²) in [6, 6.07) is 7.33. The van der Waals surface area contributed by atoms with Crippen LogP contribution in [-0.2, 0) is 7.05 Å². The zero-order chi connectivity index (χ0) is 15.8. The van der Waals surface area contributed by atoms with Crippen molar-refractivity contribution in [1.82, 2.24) is 20.0 Å². The Morgan fingerprint density at radius 1 is 1.09 bits per heavy atom. The van der Waals surface area contributed by atoms with Gasteiger partial charge in [0.25, 0.3) is 11.4 Å². The number of aromatic nitrogens is 4. The molecule has 0 atom stereocenters. The van der Waals surface area contributed by atoms with Crippen molar-refractivity contribution in [3.63, 3.8) is 0 Å². The van der Waals surface area contributed by atoms with E-state index in [1.54, 1.807) is 13.1 Å². The van der Waals surface area contributed by atoms with Crippen LogP contribution in [0.2, 0.25) is 0 Å². The highest BCUT2D eigenvalue weighted by atomic mass is 16.4. The topological polar surface area (TPSA) is 73.8 Å². The minimum absolute atomic E-state index is 0.140. The van der Waals surface area contributed by atoms with Gasteiger partial charge in [0.2, 0.25) is 5.89 Å². The summed E-state index contributed by atoms with van der Waals surface area (Å²) in [5, 5.41) is 13.9. The van der Waals surface area contributed by atoms with Gasteiger partial charge in [-0.1, -0.05) is 24.3 Å². The van der Waals surface area contributed by atoms with Gasteiger partial charge in [0.15, 0.2) is 5.69 Å². The highest BCUT2D eigenvalue weighted by Gasteiger charge is 2.18. The molecule has 0 radical (unpaired) electrons. The Balaban J connectivity index is 1.87. The number of aryl methyl sites for hydroxylation is 1. The van der Waals surface area contributed by atoms with Crippen LogP contribution >= 0.6 is 0 Å². The van der Waals surface area contributed by atoms with Crippen molar-refractivity contribution in [2.75, 3.05) is 0 Å². The van der Waals surface area contributed by atoms with E-state index in [1.807, 2.05) is 18.2 Å². The monoisotopic (exact) mass is 308 g/mol. The van der Waals surface area contributed by atoms with Gasteiger partial charge < -0.3 is 4.42 Å². The van der Waals surface area contributed by atoms with Crippen LogP contribution in [0.15, 0.2) is 39.6 Å². The molecule has 1 aliphatic rings. The van der Waals surface area contributed by atoms with Crippen molar-refractivity contribution < 1.29 is 4.42 Å². The van der Waals surface area contributed by atoms with Gasteiger partial charge >= 0.3 is 0 Å². The molecule has 0 unspecified atom stereocenters. The molecule has 2 aromatic heterocycles. The molecular formula is C17H16N4O2. The lowest BCUT2D eigenvalue weighted by molar-refractivity contribution is 0.540. The first-order valence-electron chi connectivity index (χ1n) is 7.73. The van der Waals surface area contributed by atoms with E-state index in [2.05, 4.69) is 21.4 Å². The number of rotatable bonds is 2. The van der Waals surface area contributed by atoms with Crippen LogP contribution in [0.3, 0.4) is 0 Å². The minimum Gasteiger partial charge on any atom is -0.415 e. The van der Waals surface area contributed by atoms with Crippen LogP contribution in [0.4, 0.5) is 0 Å². The molecule has 0 amide bonds. The second-order valence-corrected chi connectivity index (χ2v) is 5.71. The fourth-order valence-corrected chi connectivity index (χ4v) is 2.94. The van der Waals surface area contributed by atoms with E-state index in [4.69, 9.17) is 4.42 Å². The molecule has 3 aromatic rings. The second-order valence-electron chi connectivity index (χ2n) is 5.71. The number of benzene rings is 1. The molecule has 4 rings (SSSR count). The number of fused-ring (bicyclic) bond motifs is 1.